The molecule has 0 spiro atoms. The van der Waals surface area contributed by atoms with Crippen LogP contribution in [0.1, 0.15) is 56.1 Å². The predicted octanol–water partition coefficient (Wildman–Crippen LogP) is 5.24. The smallest absolute Gasteiger partial charge is 0.271 e. The lowest BCUT2D eigenvalue weighted by Crippen LogP contribution is -2.65. The summed E-state index contributed by atoms with van der Waals surface area (Å²) in [6.45, 7) is 7.00. The van der Waals surface area contributed by atoms with Gasteiger partial charge in [-0.25, -0.2) is 0 Å². The maximum absolute atomic E-state index is 13.9. The summed E-state index contributed by atoms with van der Waals surface area (Å²) >= 11 is 6.21. The Morgan fingerprint density at radius 2 is 2.06 bits per heavy atom. The van der Waals surface area contributed by atoms with Crippen molar-refractivity contribution in [2.75, 3.05) is 0 Å². The summed E-state index contributed by atoms with van der Waals surface area (Å²) in [7, 11) is 0. The number of amides is 2. The van der Waals surface area contributed by atoms with Gasteiger partial charge in [0.25, 0.3) is 5.91 Å². The highest BCUT2D eigenvalue weighted by atomic mass is 35.5. The molecule has 1 saturated carbocycles. The number of aromatic nitrogens is 1. The number of nitrogens with one attached hydrogen (secondary N) is 1. The predicted molar refractivity (Wildman–Crippen MR) is 128 cm³/mol. The average Bonchev–Trinajstić information content (AvgIpc) is 3.37. The number of fused-ring (bicyclic) bond motifs is 3. The van der Waals surface area contributed by atoms with Gasteiger partial charge < -0.3 is 19.2 Å². The minimum absolute atomic E-state index is 0.111. The van der Waals surface area contributed by atoms with Gasteiger partial charge in [-0.15, -0.1) is 0 Å². The Hall–Kier alpha value is -2.73. The van der Waals surface area contributed by atoms with Crippen LogP contribution in [0.3, 0.4) is 0 Å². The molecule has 3 heterocycles. The van der Waals surface area contributed by atoms with Gasteiger partial charge in [0.15, 0.2) is 5.58 Å². The third kappa shape index (κ3) is 3.74. The van der Waals surface area contributed by atoms with E-state index < -0.39 is 5.54 Å². The van der Waals surface area contributed by atoms with Gasteiger partial charge in [0.1, 0.15) is 11.2 Å². The molecular formula is C26H30ClN3O3. The van der Waals surface area contributed by atoms with Crippen molar-refractivity contribution in [2.24, 2.45) is 11.8 Å². The van der Waals surface area contributed by atoms with E-state index in [4.69, 9.17) is 16.0 Å². The van der Waals surface area contributed by atoms with Crippen LogP contribution in [0, 0.1) is 11.8 Å². The molecule has 7 heteroatoms. The van der Waals surface area contributed by atoms with Crippen molar-refractivity contribution < 1.29 is 14.0 Å². The van der Waals surface area contributed by atoms with Crippen LogP contribution in [0.2, 0.25) is 5.02 Å². The molecule has 1 aromatic carbocycles. The highest BCUT2D eigenvalue weighted by molar-refractivity contribution is 6.30. The summed E-state index contributed by atoms with van der Waals surface area (Å²) in [5, 5.41) is 3.93. The van der Waals surface area contributed by atoms with E-state index in [1.54, 1.807) is 23.3 Å². The van der Waals surface area contributed by atoms with Crippen LogP contribution in [0.4, 0.5) is 0 Å². The second-order valence-electron chi connectivity index (χ2n) is 9.93. The van der Waals surface area contributed by atoms with Crippen molar-refractivity contribution in [3.63, 3.8) is 0 Å². The van der Waals surface area contributed by atoms with Crippen molar-refractivity contribution in [1.82, 2.24) is 14.8 Å². The molecular weight excluding hydrogens is 438 g/mol. The molecule has 0 unspecified atom stereocenters. The topological polar surface area (TPSA) is 67.5 Å². The lowest BCUT2D eigenvalue weighted by atomic mass is 9.77. The number of hydrogen-bond acceptors (Lipinski definition) is 3. The molecule has 4 atom stereocenters. The molecule has 2 aromatic heterocycles. The third-order valence-corrected chi connectivity index (χ3v) is 8.03. The monoisotopic (exact) mass is 467 g/mol. The van der Waals surface area contributed by atoms with E-state index in [0.29, 0.717) is 41.2 Å². The fourth-order valence-corrected chi connectivity index (χ4v) is 5.66. The number of carbonyl (C=O) groups excluding carboxylic acids is 2. The summed E-state index contributed by atoms with van der Waals surface area (Å²) in [6.07, 6.45) is 4.88. The largest absolute Gasteiger partial charge is 0.463 e. The second kappa shape index (κ2) is 8.24. The molecule has 2 aliphatic rings. The molecule has 1 aliphatic heterocycles. The first-order chi connectivity index (χ1) is 15.8. The van der Waals surface area contributed by atoms with Crippen molar-refractivity contribution in [3.8, 4) is 0 Å². The number of hydrogen-bond donors (Lipinski definition) is 1. The van der Waals surface area contributed by atoms with E-state index >= 15 is 0 Å². The van der Waals surface area contributed by atoms with Gasteiger partial charge in [-0.05, 0) is 42.9 Å². The van der Waals surface area contributed by atoms with Crippen LogP contribution in [0.15, 0.2) is 47.1 Å². The molecule has 1 fully saturated rings. The molecule has 0 bridgehead atoms. The first-order valence-electron chi connectivity index (χ1n) is 11.7. The Bertz CT molecular complexity index is 1210. The lowest BCUT2D eigenvalue weighted by molar-refractivity contribution is -0.134. The van der Waals surface area contributed by atoms with E-state index in [9.17, 15) is 9.59 Å². The number of benzene rings is 1. The van der Waals surface area contributed by atoms with Crippen molar-refractivity contribution in [3.05, 3.63) is 58.9 Å². The molecule has 0 saturated heterocycles. The van der Waals surface area contributed by atoms with Crippen molar-refractivity contribution in [2.45, 2.75) is 64.7 Å². The molecule has 1 N–H and O–H groups in total. The Morgan fingerprint density at radius 1 is 1.24 bits per heavy atom. The van der Waals surface area contributed by atoms with E-state index in [0.717, 1.165) is 23.9 Å². The number of nitrogens with zero attached hydrogens (tertiary/aromatic N) is 2. The van der Waals surface area contributed by atoms with Gasteiger partial charge in [-0.2, -0.15) is 0 Å². The van der Waals surface area contributed by atoms with Gasteiger partial charge in [0, 0.05) is 29.7 Å². The zero-order valence-electron chi connectivity index (χ0n) is 19.3. The number of rotatable bonds is 4. The van der Waals surface area contributed by atoms with Crippen LogP contribution >= 0.6 is 11.6 Å². The minimum Gasteiger partial charge on any atom is -0.463 e. The summed E-state index contributed by atoms with van der Waals surface area (Å²) in [4.78, 5) is 29.3. The first kappa shape index (κ1) is 22.1. The summed E-state index contributed by atoms with van der Waals surface area (Å²) in [5.41, 5.74) is 1.85. The van der Waals surface area contributed by atoms with Crippen LogP contribution in [0.5, 0.6) is 0 Å². The fourth-order valence-electron chi connectivity index (χ4n) is 5.45. The molecule has 1 aliphatic carbocycles. The molecule has 33 heavy (non-hydrogen) atoms. The molecule has 0 radical (unpaired) electrons. The quantitative estimate of drug-likeness (QED) is 0.570. The molecule has 174 valence electrons. The Balaban J connectivity index is 1.53. The SMILES string of the molecule is C[C@@H]1[C@H](C)CCC[C@@H]1NC(=O)[C@@]1(C)Cn2c(cc3occc32)C(=O)N1Cc1cccc(Cl)c1. The zero-order chi connectivity index (χ0) is 23.3. The first-order valence-corrected chi connectivity index (χ1v) is 12.1. The molecule has 6 nitrogen and oxygen atoms in total. The standard InChI is InChI=1S/C26H30ClN3O3/c1-16-6-4-9-20(17(16)2)28-25(32)26(3)15-29-21-10-11-33-23(21)13-22(29)24(31)30(26)14-18-7-5-8-19(27)12-18/h5,7-8,10-13,16-17,20H,4,6,9,14-15H2,1-3H3,(H,28,32)/t16-,17-,20+,26-/m1/s1. The zero-order valence-corrected chi connectivity index (χ0v) is 20.1. The molecule has 5 rings (SSSR count). The van der Waals surface area contributed by atoms with Gasteiger partial charge >= 0.3 is 0 Å². The fraction of sp³-hybridized carbons (Fsp3) is 0.462. The maximum atomic E-state index is 13.9. The lowest BCUT2D eigenvalue weighted by Gasteiger charge is -2.45. The number of carbonyl (C=O) groups is 2. The average molecular weight is 468 g/mol. The number of furan rings is 1. The van der Waals surface area contributed by atoms with E-state index in [-0.39, 0.29) is 17.9 Å². The second-order valence-corrected chi connectivity index (χ2v) is 10.4. The highest BCUT2D eigenvalue weighted by Gasteiger charge is 2.48. The van der Waals surface area contributed by atoms with Crippen LogP contribution < -0.4 is 5.32 Å². The normalized spacial score (nSPS) is 27.6. The Morgan fingerprint density at radius 3 is 2.85 bits per heavy atom. The third-order valence-electron chi connectivity index (χ3n) is 7.79. The van der Waals surface area contributed by atoms with E-state index in [1.807, 2.05) is 35.8 Å². The van der Waals surface area contributed by atoms with E-state index in [1.165, 1.54) is 6.42 Å². The maximum Gasteiger partial charge on any atom is 0.271 e. The summed E-state index contributed by atoms with van der Waals surface area (Å²) < 4.78 is 7.47. The van der Waals surface area contributed by atoms with Crippen LogP contribution in [0.25, 0.3) is 11.1 Å². The van der Waals surface area contributed by atoms with Gasteiger partial charge in [0.2, 0.25) is 5.91 Å². The van der Waals surface area contributed by atoms with Gasteiger partial charge in [-0.3, -0.25) is 9.59 Å². The molecule has 3 aromatic rings. The van der Waals surface area contributed by atoms with Crippen molar-refractivity contribution >= 4 is 34.5 Å². The van der Waals surface area contributed by atoms with Gasteiger partial charge in [0.05, 0.1) is 18.3 Å². The molecule has 2 amide bonds. The van der Waals surface area contributed by atoms with Crippen LogP contribution in [-0.4, -0.2) is 32.9 Å². The van der Waals surface area contributed by atoms with E-state index in [2.05, 4.69) is 19.2 Å². The number of halogens is 1. The Kier molecular flexibility index (Phi) is 5.52. The Labute approximate surface area is 198 Å². The summed E-state index contributed by atoms with van der Waals surface area (Å²) in [6, 6.07) is 11.2. The van der Waals surface area contributed by atoms with Gasteiger partial charge in [-0.1, -0.05) is 50.4 Å². The van der Waals surface area contributed by atoms with Crippen LogP contribution in [-0.2, 0) is 17.9 Å². The highest BCUT2D eigenvalue weighted by Crippen LogP contribution is 2.35. The van der Waals surface area contributed by atoms with Crippen molar-refractivity contribution in [1.29, 1.82) is 0 Å². The minimum atomic E-state index is -1.06. The summed E-state index contributed by atoms with van der Waals surface area (Å²) in [5.74, 6) is 0.666.